The van der Waals surface area contributed by atoms with Gasteiger partial charge in [-0.05, 0) is 18.2 Å². The molecule has 0 saturated heterocycles. The molecule has 7 heteroatoms. The summed E-state index contributed by atoms with van der Waals surface area (Å²) in [6.45, 7) is -0.0423. The fourth-order valence-corrected chi connectivity index (χ4v) is 1.96. The topological polar surface area (TPSA) is 69.6 Å². The van der Waals surface area contributed by atoms with E-state index in [1.54, 1.807) is 12.1 Å². The lowest BCUT2D eigenvalue weighted by molar-refractivity contribution is 0.305. The van der Waals surface area contributed by atoms with Crippen molar-refractivity contribution in [2.45, 2.75) is 6.42 Å². The number of aliphatic hydroxyl groups excluding tert-OH is 1. The first-order valence-electron chi connectivity index (χ1n) is 5.46. The SMILES string of the molecule is CN(C)S(=O)(=O)Nc1cc(Cl)ccc1C#CCCO. The first-order valence-corrected chi connectivity index (χ1v) is 7.28. The van der Waals surface area contributed by atoms with Crippen molar-refractivity contribution in [3.8, 4) is 11.8 Å². The highest BCUT2D eigenvalue weighted by molar-refractivity contribution is 7.90. The van der Waals surface area contributed by atoms with Gasteiger partial charge in [-0.25, -0.2) is 0 Å². The van der Waals surface area contributed by atoms with Crippen LogP contribution < -0.4 is 4.72 Å². The monoisotopic (exact) mass is 302 g/mol. The van der Waals surface area contributed by atoms with Crippen molar-refractivity contribution in [2.75, 3.05) is 25.4 Å². The van der Waals surface area contributed by atoms with Crippen molar-refractivity contribution >= 4 is 27.5 Å². The molecule has 1 rings (SSSR count). The predicted molar refractivity (Wildman–Crippen MR) is 76.3 cm³/mol. The highest BCUT2D eigenvalue weighted by atomic mass is 35.5. The van der Waals surface area contributed by atoms with Gasteiger partial charge in [0.2, 0.25) is 0 Å². The Balaban J connectivity index is 3.12. The molecule has 0 amide bonds. The minimum absolute atomic E-state index is 0.0423. The Labute approximate surface area is 118 Å². The van der Waals surface area contributed by atoms with Crippen LogP contribution in [0.15, 0.2) is 18.2 Å². The van der Waals surface area contributed by atoms with E-state index < -0.39 is 10.2 Å². The number of nitrogens with zero attached hydrogens (tertiary/aromatic N) is 1. The number of benzene rings is 1. The minimum atomic E-state index is -3.61. The summed E-state index contributed by atoms with van der Waals surface area (Å²) >= 11 is 5.85. The van der Waals surface area contributed by atoms with Gasteiger partial charge in [-0.1, -0.05) is 23.4 Å². The Morgan fingerprint density at radius 1 is 1.42 bits per heavy atom. The summed E-state index contributed by atoms with van der Waals surface area (Å²) < 4.78 is 27.0. The molecule has 0 bridgehead atoms. The number of nitrogens with one attached hydrogen (secondary N) is 1. The maximum absolute atomic E-state index is 11.8. The van der Waals surface area contributed by atoms with Crippen molar-refractivity contribution in [3.05, 3.63) is 28.8 Å². The summed E-state index contributed by atoms with van der Waals surface area (Å²) in [5.41, 5.74) is 0.815. The fourth-order valence-electron chi connectivity index (χ4n) is 1.15. The zero-order valence-electron chi connectivity index (χ0n) is 10.6. The second-order valence-electron chi connectivity index (χ2n) is 3.85. The van der Waals surface area contributed by atoms with Crippen LogP contribution in [0.5, 0.6) is 0 Å². The average molecular weight is 303 g/mol. The molecular weight excluding hydrogens is 288 g/mol. The molecule has 0 aromatic heterocycles. The van der Waals surface area contributed by atoms with Gasteiger partial charge in [0, 0.05) is 31.1 Å². The molecule has 19 heavy (non-hydrogen) atoms. The van der Waals surface area contributed by atoms with Gasteiger partial charge in [0.25, 0.3) is 0 Å². The van der Waals surface area contributed by atoms with Crippen LogP contribution in [0.4, 0.5) is 5.69 Å². The van der Waals surface area contributed by atoms with Crippen LogP contribution in [0, 0.1) is 11.8 Å². The van der Waals surface area contributed by atoms with E-state index in [2.05, 4.69) is 16.6 Å². The quantitative estimate of drug-likeness (QED) is 0.824. The molecule has 104 valence electrons. The van der Waals surface area contributed by atoms with Gasteiger partial charge in [0.15, 0.2) is 0 Å². The second-order valence-corrected chi connectivity index (χ2v) is 6.18. The molecule has 1 aromatic carbocycles. The van der Waals surface area contributed by atoms with Crippen molar-refractivity contribution in [1.82, 2.24) is 4.31 Å². The Kier molecular flexibility index (Phi) is 5.63. The third-order valence-corrected chi connectivity index (χ3v) is 3.84. The van der Waals surface area contributed by atoms with E-state index in [0.717, 1.165) is 4.31 Å². The normalized spacial score (nSPS) is 11.0. The molecule has 0 heterocycles. The molecule has 0 aliphatic carbocycles. The molecule has 5 nitrogen and oxygen atoms in total. The molecule has 0 aliphatic heterocycles. The zero-order valence-corrected chi connectivity index (χ0v) is 12.2. The number of aliphatic hydroxyl groups is 1. The largest absolute Gasteiger partial charge is 0.395 e. The van der Waals surface area contributed by atoms with E-state index in [4.69, 9.17) is 16.7 Å². The summed E-state index contributed by atoms with van der Waals surface area (Å²) in [6.07, 6.45) is 0.322. The number of hydrogen-bond donors (Lipinski definition) is 2. The molecular formula is C12H15ClN2O3S. The lowest BCUT2D eigenvalue weighted by atomic mass is 10.2. The van der Waals surface area contributed by atoms with Crippen LogP contribution in [0.25, 0.3) is 0 Å². The molecule has 0 atom stereocenters. The second kappa shape index (κ2) is 6.78. The molecule has 1 aromatic rings. The minimum Gasteiger partial charge on any atom is -0.395 e. The first kappa shape index (κ1) is 15.8. The van der Waals surface area contributed by atoms with E-state index >= 15 is 0 Å². The van der Waals surface area contributed by atoms with Gasteiger partial charge in [0.05, 0.1) is 12.3 Å². The van der Waals surface area contributed by atoms with Gasteiger partial charge < -0.3 is 5.11 Å². The molecule has 2 N–H and O–H groups in total. The Morgan fingerprint density at radius 2 is 2.11 bits per heavy atom. The lowest BCUT2D eigenvalue weighted by Gasteiger charge is -2.14. The molecule has 0 radical (unpaired) electrons. The predicted octanol–water partition coefficient (Wildman–Crippen LogP) is 1.29. The number of rotatable bonds is 4. The van der Waals surface area contributed by atoms with Crippen molar-refractivity contribution in [3.63, 3.8) is 0 Å². The Bertz CT molecular complexity index is 603. The third-order valence-electron chi connectivity index (χ3n) is 2.16. The number of halogens is 1. The first-order chi connectivity index (χ1) is 8.86. The van der Waals surface area contributed by atoms with Crippen molar-refractivity contribution in [1.29, 1.82) is 0 Å². The molecule has 0 fully saturated rings. The highest BCUT2D eigenvalue weighted by Gasteiger charge is 2.15. The standard InChI is InChI=1S/C12H15ClN2O3S/c1-15(2)19(17,18)14-12-9-11(13)7-6-10(12)5-3-4-8-16/h6-7,9,14,16H,4,8H2,1-2H3. The van der Waals surface area contributed by atoms with Crippen LogP contribution in [0.2, 0.25) is 5.02 Å². The summed E-state index contributed by atoms with van der Waals surface area (Å²) in [5, 5.41) is 9.08. The van der Waals surface area contributed by atoms with Gasteiger partial charge in [-0.15, -0.1) is 0 Å². The maximum Gasteiger partial charge on any atom is 0.301 e. The van der Waals surface area contributed by atoms with E-state index in [1.165, 1.54) is 20.2 Å². The van der Waals surface area contributed by atoms with Crippen LogP contribution >= 0.6 is 11.6 Å². The smallest absolute Gasteiger partial charge is 0.301 e. The molecule has 0 saturated carbocycles. The van der Waals surface area contributed by atoms with Gasteiger partial charge in [-0.3, -0.25) is 4.72 Å². The average Bonchev–Trinajstić information content (AvgIpc) is 2.31. The van der Waals surface area contributed by atoms with Crippen LogP contribution in [0.3, 0.4) is 0 Å². The van der Waals surface area contributed by atoms with Crippen molar-refractivity contribution in [2.24, 2.45) is 0 Å². The van der Waals surface area contributed by atoms with Crippen LogP contribution in [-0.4, -0.2) is 38.5 Å². The Morgan fingerprint density at radius 3 is 2.68 bits per heavy atom. The third kappa shape index (κ3) is 4.73. The van der Waals surface area contributed by atoms with Crippen molar-refractivity contribution < 1.29 is 13.5 Å². The summed E-state index contributed by atoms with van der Waals surface area (Å²) in [6, 6.07) is 4.74. The van der Waals surface area contributed by atoms with Gasteiger partial charge in [0.1, 0.15) is 0 Å². The highest BCUT2D eigenvalue weighted by Crippen LogP contribution is 2.21. The van der Waals surface area contributed by atoms with E-state index in [0.29, 0.717) is 22.7 Å². The van der Waals surface area contributed by atoms with Crippen LogP contribution in [-0.2, 0) is 10.2 Å². The van der Waals surface area contributed by atoms with E-state index in [-0.39, 0.29) is 6.61 Å². The van der Waals surface area contributed by atoms with Gasteiger partial charge >= 0.3 is 10.2 Å². The zero-order chi connectivity index (χ0) is 14.5. The summed E-state index contributed by atoms with van der Waals surface area (Å²) in [4.78, 5) is 0. The summed E-state index contributed by atoms with van der Waals surface area (Å²) in [7, 11) is -0.772. The van der Waals surface area contributed by atoms with Gasteiger partial charge in [-0.2, -0.15) is 12.7 Å². The lowest BCUT2D eigenvalue weighted by Crippen LogP contribution is -2.29. The molecule has 0 unspecified atom stereocenters. The number of hydrogen-bond acceptors (Lipinski definition) is 3. The fraction of sp³-hybridized carbons (Fsp3) is 0.333. The summed E-state index contributed by atoms with van der Waals surface area (Å²) in [5.74, 6) is 5.52. The molecule has 0 spiro atoms. The van der Waals surface area contributed by atoms with E-state index in [1.807, 2.05) is 0 Å². The van der Waals surface area contributed by atoms with E-state index in [9.17, 15) is 8.42 Å². The maximum atomic E-state index is 11.8. The van der Waals surface area contributed by atoms with Crippen LogP contribution in [0.1, 0.15) is 12.0 Å². The molecule has 0 aliphatic rings. The number of anilines is 1. The Hall–Kier alpha value is -1.26.